The fourth-order valence-corrected chi connectivity index (χ4v) is 4.70. The Morgan fingerprint density at radius 3 is 2.53 bits per heavy atom. The van der Waals surface area contributed by atoms with Crippen LogP contribution in [0, 0.1) is 5.82 Å². The maximum Gasteiger partial charge on any atom is 0.254 e. The maximum absolute atomic E-state index is 14.8. The third kappa shape index (κ3) is 4.64. The van der Waals surface area contributed by atoms with E-state index in [9.17, 15) is 9.18 Å². The molecule has 2 aromatic carbocycles. The Kier molecular flexibility index (Phi) is 6.26. The minimum atomic E-state index is -0.637. The lowest BCUT2D eigenvalue weighted by Crippen LogP contribution is -2.34. The number of carbonyl (C=O) groups excluding carboxylic acids is 1. The van der Waals surface area contributed by atoms with E-state index in [1.807, 2.05) is 30.3 Å². The predicted octanol–water partition coefficient (Wildman–Crippen LogP) is 4.20. The van der Waals surface area contributed by atoms with Gasteiger partial charge in [0.2, 0.25) is 0 Å². The van der Waals surface area contributed by atoms with Gasteiger partial charge in [0.15, 0.2) is 5.79 Å². The van der Waals surface area contributed by atoms with Crippen molar-refractivity contribution in [3.8, 4) is 11.3 Å². The van der Waals surface area contributed by atoms with Crippen molar-refractivity contribution in [2.45, 2.75) is 43.9 Å². The van der Waals surface area contributed by atoms with Gasteiger partial charge in [0.25, 0.3) is 5.91 Å². The Bertz CT molecular complexity index is 1170. The second-order valence-corrected chi connectivity index (χ2v) is 8.77. The second kappa shape index (κ2) is 9.48. The molecule has 1 aliphatic heterocycles. The number of hydrogen-bond donors (Lipinski definition) is 2. The number of rotatable bonds is 5. The number of halogens is 1. The van der Waals surface area contributed by atoms with Gasteiger partial charge < -0.3 is 20.5 Å². The fraction of sp³-hybridized carbons (Fsp3) is 0.346. The Labute approximate surface area is 197 Å². The molecule has 5 rings (SSSR count). The lowest BCUT2D eigenvalue weighted by Gasteiger charge is -2.35. The highest BCUT2D eigenvalue weighted by Gasteiger charge is 2.41. The molecule has 0 atom stereocenters. The zero-order chi connectivity index (χ0) is 23.5. The van der Waals surface area contributed by atoms with Crippen LogP contribution in [-0.4, -0.2) is 34.9 Å². The summed E-state index contributed by atoms with van der Waals surface area (Å²) in [4.78, 5) is 21.5. The minimum absolute atomic E-state index is 0.0321. The number of nitrogens with two attached hydrogens (primary N) is 1. The van der Waals surface area contributed by atoms with Crippen LogP contribution in [0.3, 0.4) is 0 Å². The largest absolute Gasteiger partial charge is 0.382 e. The Morgan fingerprint density at radius 2 is 1.85 bits per heavy atom. The molecular formula is C26H27FN4O3. The monoisotopic (exact) mass is 462 g/mol. The first-order valence-corrected chi connectivity index (χ1v) is 11.6. The van der Waals surface area contributed by atoms with Crippen LogP contribution in [0.25, 0.3) is 11.3 Å². The first-order chi connectivity index (χ1) is 16.5. The molecule has 3 N–H and O–H groups in total. The van der Waals surface area contributed by atoms with Crippen LogP contribution in [0.15, 0.2) is 54.7 Å². The summed E-state index contributed by atoms with van der Waals surface area (Å²) < 4.78 is 26.4. The molecule has 0 unspecified atom stereocenters. The quantitative estimate of drug-likeness (QED) is 0.590. The van der Waals surface area contributed by atoms with Crippen molar-refractivity contribution in [3.63, 3.8) is 0 Å². The third-order valence-electron chi connectivity index (χ3n) is 6.58. The molecular weight excluding hydrogens is 435 g/mol. The molecule has 3 aromatic rings. The van der Waals surface area contributed by atoms with Gasteiger partial charge in [0.1, 0.15) is 17.3 Å². The summed E-state index contributed by atoms with van der Waals surface area (Å²) in [5.41, 5.74) is 8.81. The average molecular weight is 463 g/mol. The molecule has 0 radical (unpaired) electrons. The number of aromatic nitrogens is 2. The molecule has 0 bridgehead atoms. The van der Waals surface area contributed by atoms with Crippen molar-refractivity contribution in [2.75, 3.05) is 18.9 Å². The van der Waals surface area contributed by atoms with E-state index in [1.165, 1.54) is 12.1 Å². The van der Waals surface area contributed by atoms with Crippen LogP contribution in [-0.2, 0) is 16.0 Å². The molecule has 2 fully saturated rings. The topological polar surface area (TPSA) is 99.4 Å². The van der Waals surface area contributed by atoms with Crippen LogP contribution in [0.1, 0.15) is 53.2 Å². The van der Waals surface area contributed by atoms with Gasteiger partial charge in [-0.1, -0.05) is 36.4 Å². The molecule has 1 aromatic heterocycles. The van der Waals surface area contributed by atoms with Crippen LogP contribution in [0.4, 0.5) is 10.2 Å². The van der Waals surface area contributed by atoms with E-state index >= 15 is 0 Å². The molecule has 1 saturated carbocycles. The van der Waals surface area contributed by atoms with E-state index < -0.39 is 17.5 Å². The van der Waals surface area contributed by atoms with Gasteiger partial charge in [-0.3, -0.25) is 9.78 Å². The molecule has 2 heterocycles. The van der Waals surface area contributed by atoms with Crippen molar-refractivity contribution in [1.29, 1.82) is 0 Å². The number of nitrogens with zero attached hydrogens (tertiary/aromatic N) is 2. The summed E-state index contributed by atoms with van der Waals surface area (Å²) in [5.74, 6) is -1.07. The molecule has 1 spiro atoms. The number of nitrogens with one attached hydrogen (secondary N) is 1. The van der Waals surface area contributed by atoms with E-state index in [4.69, 9.17) is 15.2 Å². The summed E-state index contributed by atoms with van der Waals surface area (Å²) in [6.07, 6.45) is 5.12. The summed E-state index contributed by atoms with van der Waals surface area (Å²) in [5, 5.41) is 2.74. The molecule has 7 nitrogen and oxygen atoms in total. The van der Waals surface area contributed by atoms with Crippen molar-refractivity contribution in [2.24, 2.45) is 0 Å². The van der Waals surface area contributed by atoms with Crippen molar-refractivity contribution < 1.29 is 18.7 Å². The van der Waals surface area contributed by atoms with Gasteiger partial charge in [-0.2, -0.15) is 0 Å². The number of carbonyl (C=O) groups is 1. The maximum atomic E-state index is 14.8. The van der Waals surface area contributed by atoms with E-state index in [0.717, 1.165) is 36.9 Å². The molecule has 176 valence electrons. The average Bonchev–Trinajstić information content (AvgIpc) is 3.31. The first-order valence-electron chi connectivity index (χ1n) is 11.6. The number of amides is 1. The van der Waals surface area contributed by atoms with Crippen molar-refractivity contribution in [3.05, 3.63) is 77.4 Å². The van der Waals surface area contributed by atoms with Gasteiger partial charge in [-0.25, -0.2) is 9.37 Å². The second-order valence-electron chi connectivity index (χ2n) is 8.77. The molecule has 1 aliphatic carbocycles. The zero-order valence-corrected chi connectivity index (χ0v) is 18.8. The minimum Gasteiger partial charge on any atom is -0.382 e. The van der Waals surface area contributed by atoms with Crippen LogP contribution in [0.2, 0.25) is 0 Å². The third-order valence-corrected chi connectivity index (χ3v) is 6.58. The van der Waals surface area contributed by atoms with Crippen molar-refractivity contribution >= 4 is 11.7 Å². The Morgan fingerprint density at radius 1 is 1.12 bits per heavy atom. The zero-order valence-electron chi connectivity index (χ0n) is 18.8. The van der Waals surface area contributed by atoms with Gasteiger partial charge in [-0.15, -0.1) is 0 Å². The number of anilines is 1. The molecule has 2 aliphatic rings. The highest BCUT2D eigenvalue weighted by atomic mass is 19.1. The number of hydrogen-bond acceptors (Lipinski definition) is 6. The normalized spacial score (nSPS) is 17.7. The Balaban J connectivity index is 1.26. The van der Waals surface area contributed by atoms with Crippen LogP contribution in [0.5, 0.6) is 0 Å². The van der Waals surface area contributed by atoms with E-state index in [2.05, 4.69) is 15.3 Å². The van der Waals surface area contributed by atoms with Gasteiger partial charge in [-0.05, 0) is 30.5 Å². The highest BCUT2D eigenvalue weighted by Crippen LogP contribution is 2.42. The standard InChI is InChI=1S/C26H27FN4O3/c27-21-14-19(6-7-20(21)25(32)30-15-17-4-2-1-3-5-17)23-24(28)31-22(16-29-23)18-8-10-26(11-9-18)33-12-13-34-26/h1-7,14,16,18H,8-13,15H2,(H2,28,31)(H,30,32). The smallest absolute Gasteiger partial charge is 0.254 e. The summed E-state index contributed by atoms with van der Waals surface area (Å²) >= 11 is 0. The molecule has 8 heteroatoms. The summed E-state index contributed by atoms with van der Waals surface area (Å²) in [6, 6.07) is 13.8. The number of nitrogen functional groups attached to an aromatic ring is 1. The number of benzene rings is 2. The SMILES string of the molecule is Nc1nc(C2CCC3(CC2)OCCO3)cnc1-c1ccc(C(=O)NCc2ccccc2)c(F)c1. The van der Waals surface area contributed by atoms with E-state index in [1.54, 1.807) is 12.3 Å². The van der Waals surface area contributed by atoms with Gasteiger partial charge >= 0.3 is 0 Å². The lowest BCUT2D eigenvalue weighted by atomic mass is 9.83. The number of ether oxygens (including phenoxy) is 2. The first kappa shape index (κ1) is 22.4. The molecule has 34 heavy (non-hydrogen) atoms. The van der Waals surface area contributed by atoms with Gasteiger partial charge in [0, 0.05) is 37.1 Å². The predicted molar refractivity (Wildman–Crippen MR) is 125 cm³/mol. The van der Waals surface area contributed by atoms with Crippen LogP contribution >= 0.6 is 0 Å². The fourth-order valence-electron chi connectivity index (χ4n) is 4.70. The van der Waals surface area contributed by atoms with E-state index in [0.29, 0.717) is 31.0 Å². The Hall–Kier alpha value is -3.36. The van der Waals surface area contributed by atoms with Crippen molar-refractivity contribution in [1.82, 2.24) is 15.3 Å². The van der Waals surface area contributed by atoms with Crippen LogP contribution < -0.4 is 11.1 Å². The van der Waals surface area contributed by atoms with E-state index in [-0.39, 0.29) is 17.3 Å². The molecule has 1 saturated heterocycles. The summed E-state index contributed by atoms with van der Waals surface area (Å²) in [6.45, 7) is 1.62. The lowest BCUT2D eigenvalue weighted by molar-refractivity contribution is -0.178. The molecule has 1 amide bonds. The van der Waals surface area contributed by atoms with Gasteiger partial charge in [0.05, 0.1) is 24.5 Å². The highest BCUT2D eigenvalue weighted by molar-refractivity contribution is 5.95. The summed E-state index contributed by atoms with van der Waals surface area (Å²) in [7, 11) is 0.